The van der Waals surface area contributed by atoms with Crippen molar-refractivity contribution in [1.29, 1.82) is 0 Å². The SMILES string of the molecule is CNCC(=O)c1cc(C)c(Br)c(O)c1F. The molecule has 1 aromatic carbocycles. The van der Waals surface area contributed by atoms with Crippen LogP contribution in [-0.2, 0) is 0 Å². The monoisotopic (exact) mass is 275 g/mol. The third-order valence-corrected chi connectivity index (χ3v) is 3.00. The molecule has 0 aliphatic rings. The fourth-order valence-electron chi connectivity index (χ4n) is 1.21. The molecule has 3 nitrogen and oxygen atoms in total. The molecule has 0 aliphatic heterocycles. The van der Waals surface area contributed by atoms with Crippen molar-refractivity contribution in [3.05, 3.63) is 27.5 Å². The number of ketones is 1. The van der Waals surface area contributed by atoms with Crippen LogP contribution in [0, 0.1) is 12.7 Å². The summed E-state index contributed by atoms with van der Waals surface area (Å²) in [6.45, 7) is 1.72. The van der Waals surface area contributed by atoms with Crippen LogP contribution >= 0.6 is 15.9 Å². The summed E-state index contributed by atoms with van der Waals surface area (Å²) in [6.07, 6.45) is 0. The normalized spacial score (nSPS) is 10.4. The minimum Gasteiger partial charge on any atom is -0.504 e. The van der Waals surface area contributed by atoms with Gasteiger partial charge in [-0.2, -0.15) is 0 Å². The number of carbonyl (C=O) groups excluding carboxylic acids is 1. The molecule has 0 heterocycles. The van der Waals surface area contributed by atoms with Crippen LogP contribution in [0.3, 0.4) is 0 Å². The maximum Gasteiger partial charge on any atom is 0.179 e. The molecular weight excluding hydrogens is 265 g/mol. The third kappa shape index (κ3) is 2.35. The molecule has 5 heteroatoms. The molecule has 1 rings (SSSR count). The first-order valence-electron chi connectivity index (χ1n) is 4.34. The Morgan fingerprint density at radius 3 is 2.80 bits per heavy atom. The largest absolute Gasteiger partial charge is 0.504 e. The second-order valence-electron chi connectivity index (χ2n) is 3.17. The minimum absolute atomic E-state index is 0.0391. The molecule has 0 aromatic heterocycles. The number of benzene rings is 1. The highest BCUT2D eigenvalue weighted by atomic mass is 79.9. The number of aromatic hydroxyl groups is 1. The van der Waals surface area contributed by atoms with Crippen molar-refractivity contribution in [3.8, 4) is 5.75 Å². The maximum atomic E-state index is 13.5. The van der Waals surface area contributed by atoms with Crippen molar-refractivity contribution >= 4 is 21.7 Å². The molecule has 0 radical (unpaired) electrons. The number of phenols is 1. The number of hydrogen-bond donors (Lipinski definition) is 2. The van der Waals surface area contributed by atoms with Gasteiger partial charge in [-0.25, -0.2) is 4.39 Å². The summed E-state index contributed by atoms with van der Waals surface area (Å²) in [5.41, 5.74) is 0.524. The maximum absolute atomic E-state index is 13.5. The van der Waals surface area contributed by atoms with Crippen LogP contribution in [0.5, 0.6) is 5.75 Å². The fraction of sp³-hybridized carbons (Fsp3) is 0.300. The Balaban J connectivity index is 3.26. The molecule has 0 fully saturated rings. The lowest BCUT2D eigenvalue weighted by atomic mass is 10.1. The van der Waals surface area contributed by atoms with E-state index in [4.69, 9.17) is 0 Å². The standard InChI is InChI=1S/C10H11BrFNO2/c1-5-3-6(7(14)4-13-2)9(12)10(15)8(5)11/h3,13,15H,4H2,1-2H3. The van der Waals surface area contributed by atoms with E-state index in [0.29, 0.717) is 5.56 Å². The van der Waals surface area contributed by atoms with E-state index in [2.05, 4.69) is 21.2 Å². The average Bonchev–Trinajstić information content (AvgIpc) is 2.20. The van der Waals surface area contributed by atoms with E-state index in [9.17, 15) is 14.3 Å². The molecule has 0 atom stereocenters. The van der Waals surface area contributed by atoms with Gasteiger partial charge >= 0.3 is 0 Å². The van der Waals surface area contributed by atoms with E-state index in [0.717, 1.165) is 0 Å². The molecule has 2 N–H and O–H groups in total. The second-order valence-corrected chi connectivity index (χ2v) is 3.96. The molecule has 0 spiro atoms. The van der Waals surface area contributed by atoms with Gasteiger partial charge in [0.05, 0.1) is 16.6 Å². The number of aryl methyl sites for hydroxylation is 1. The van der Waals surface area contributed by atoms with Crippen molar-refractivity contribution in [2.75, 3.05) is 13.6 Å². The molecule has 0 bridgehead atoms. The van der Waals surface area contributed by atoms with Gasteiger partial charge in [-0.15, -0.1) is 0 Å². The summed E-state index contributed by atoms with van der Waals surface area (Å²) in [5, 5.41) is 12.0. The third-order valence-electron chi connectivity index (χ3n) is 2.00. The predicted octanol–water partition coefficient (Wildman–Crippen LogP) is 2.00. The van der Waals surface area contributed by atoms with Crippen LogP contribution < -0.4 is 5.32 Å². The number of carbonyl (C=O) groups is 1. The van der Waals surface area contributed by atoms with E-state index in [1.165, 1.54) is 6.07 Å². The van der Waals surface area contributed by atoms with Crippen molar-refractivity contribution < 1.29 is 14.3 Å². The van der Waals surface area contributed by atoms with Crippen LogP contribution in [0.15, 0.2) is 10.5 Å². The Bertz CT molecular complexity index is 407. The molecule has 0 saturated carbocycles. The van der Waals surface area contributed by atoms with Crippen molar-refractivity contribution in [3.63, 3.8) is 0 Å². The number of nitrogens with one attached hydrogen (secondary N) is 1. The summed E-state index contributed by atoms with van der Waals surface area (Å²) in [7, 11) is 1.60. The number of hydrogen-bond acceptors (Lipinski definition) is 3. The second kappa shape index (κ2) is 4.72. The average molecular weight is 276 g/mol. The van der Waals surface area contributed by atoms with Crippen molar-refractivity contribution in [2.24, 2.45) is 0 Å². The van der Waals surface area contributed by atoms with E-state index < -0.39 is 11.6 Å². The number of rotatable bonds is 3. The summed E-state index contributed by atoms with van der Waals surface area (Å²) >= 11 is 3.04. The van der Waals surface area contributed by atoms with Gasteiger partial charge in [0.2, 0.25) is 0 Å². The highest BCUT2D eigenvalue weighted by molar-refractivity contribution is 9.10. The van der Waals surface area contributed by atoms with Gasteiger partial charge in [0, 0.05) is 0 Å². The van der Waals surface area contributed by atoms with Crippen molar-refractivity contribution in [1.82, 2.24) is 5.32 Å². The van der Waals surface area contributed by atoms with Gasteiger partial charge in [0.25, 0.3) is 0 Å². The van der Waals surface area contributed by atoms with E-state index >= 15 is 0 Å². The fourth-order valence-corrected chi connectivity index (χ4v) is 1.50. The van der Waals surface area contributed by atoms with Gasteiger partial charge in [-0.1, -0.05) is 0 Å². The van der Waals surface area contributed by atoms with Gasteiger partial charge in [-0.05, 0) is 41.5 Å². The van der Waals surface area contributed by atoms with Gasteiger partial charge in [0.15, 0.2) is 17.3 Å². The number of phenolic OH excluding ortho intramolecular Hbond substituents is 1. The summed E-state index contributed by atoms with van der Waals surface area (Å²) < 4.78 is 13.8. The van der Waals surface area contributed by atoms with Gasteiger partial charge in [0.1, 0.15) is 0 Å². The Labute approximate surface area is 95.4 Å². The van der Waals surface area contributed by atoms with Gasteiger partial charge in [-0.3, -0.25) is 4.79 Å². The minimum atomic E-state index is -0.882. The number of Topliss-reactive ketones (excluding diaryl/α,β-unsaturated/α-hetero) is 1. The first kappa shape index (κ1) is 12.1. The van der Waals surface area contributed by atoms with Crippen LogP contribution in [-0.4, -0.2) is 24.5 Å². The highest BCUT2D eigenvalue weighted by Crippen LogP contribution is 2.32. The number of likely N-dealkylation sites (N-methyl/N-ethyl adjacent to an activating group) is 1. The Hall–Kier alpha value is -0.940. The number of halogens is 2. The van der Waals surface area contributed by atoms with Gasteiger partial charge < -0.3 is 10.4 Å². The van der Waals surface area contributed by atoms with Crippen LogP contribution in [0.1, 0.15) is 15.9 Å². The van der Waals surface area contributed by atoms with E-state index in [-0.39, 0.29) is 22.4 Å². The zero-order valence-electron chi connectivity index (χ0n) is 8.40. The molecule has 15 heavy (non-hydrogen) atoms. The summed E-state index contributed by atoms with van der Waals surface area (Å²) in [4.78, 5) is 11.5. The topological polar surface area (TPSA) is 49.3 Å². The van der Waals surface area contributed by atoms with E-state index in [1.54, 1.807) is 14.0 Å². The molecular formula is C10H11BrFNO2. The molecule has 0 saturated heterocycles. The zero-order valence-corrected chi connectivity index (χ0v) is 9.98. The molecule has 0 unspecified atom stereocenters. The smallest absolute Gasteiger partial charge is 0.179 e. The summed E-state index contributed by atoms with van der Waals surface area (Å²) in [5.74, 6) is -1.79. The van der Waals surface area contributed by atoms with Crippen molar-refractivity contribution in [2.45, 2.75) is 6.92 Å². The lowest BCUT2D eigenvalue weighted by Gasteiger charge is -2.08. The van der Waals surface area contributed by atoms with E-state index in [1.807, 2.05) is 0 Å². The lowest BCUT2D eigenvalue weighted by molar-refractivity contribution is 0.0988. The molecule has 0 amide bonds. The highest BCUT2D eigenvalue weighted by Gasteiger charge is 2.18. The Morgan fingerprint density at radius 2 is 2.27 bits per heavy atom. The zero-order chi connectivity index (χ0) is 11.6. The molecule has 1 aromatic rings. The first-order chi connectivity index (χ1) is 6.99. The molecule has 0 aliphatic carbocycles. The Morgan fingerprint density at radius 1 is 1.67 bits per heavy atom. The first-order valence-corrected chi connectivity index (χ1v) is 5.13. The van der Waals surface area contributed by atoms with Crippen LogP contribution in [0.2, 0.25) is 0 Å². The predicted molar refractivity (Wildman–Crippen MR) is 58.8 cm³/mol. The summed E-state index contributed by atoms with van der Waals surface area (Å²) in [6, 6.07) is 1.42. The van der Waals surface area contributed by atoms with Crippen LogP contribution in [0.25, 0.3) is 0 Å². The Kier molecular flexibility index (Phi) is 3.82. The van der Waals surface area contributed by atoms with Crippen LogP contribution in [0.4, 0.5) is 4.39 Å². The quantitative estimate of drug-likeness (QED) is 0.830. The lowest BCUT2D eigenvalue weighted by Crippen LogP contribution is -2.19. The molecule has 82 valence electrons.